The van der Waals surface area contributed by atoms with Gasteiger partial charge in [0.2, 0.25) is 0 Å². The summed E-state index contributed by atoms with van der Waals surface area (Å²) in [5.74, 6) is 2.25. The van der Waals surface area contributed by atoms with E-state index < -0.39 is 18.1 Å². The molecule has 0 radical (unpaired) electrons. The molecule has 1 unspecified atom stereocenters. The molecule has 1 rings (SSSR count). The van der Waals surface area contributed by atoms with Crippen molar-refractivity contribution in [2.24, 2.45) is 0 Å². The summed E-state index contributed by atoms with van der Waals surface area (Å²) >= 11 is 0. The molecule has 5 heteroatoms. The zero-order chi connectivity index (χ0) is 13.5. The predicted octanol–water partition coefficient (Wildman–Crippen LogP) is 1.62. The SMILES string of the molecule is C#Cc1cccc(OC(=O)CC(C)NC(=O)O)c1. The number of amides is 1. The Hall–Kier alpha value is -2.48. The minimum absolute atomic E-state index is 0.0490. The van der Waals surface area contributed by atoms with E-state index in [0.717, 1.165) is 0 Å². The average Bonchev–Trinajstić information content (AvgIpc) is 2.27. The van der Waals surface area contributed by atoms with Crippen molar-refractivity contribution in [1.82, 2.24) is 5.32 Å². The zero-order valence-corrected chi connectivity index (χ0v) is 9.84. The smallest absolute Gasteiger partial charge is 0.404 e. The Balaban J connectivity index is 2.54. The van der Waals surface area contributed by atoms with Gasteiger partial charge >= 0.3 is 12.1 Å². The maximum absolute atomic E-state index is 11.5. The van der Waals surface area contributed by atoms with E-state index in [9.17, 15) is 9.59 Å². The first-order valence-corrected chi connectivity index (χ1v) is 5.28. The van der Waals surface area contributed by atoms with Gasteiger partial charge in [0, 0.05) is 11.6 Å². The van der Waals surface area contributed by atoms with Gasteiger partial charge in [0.05, 0.1) is 6.42 Å². The number of hydrogen-bond donors (Lipinski definition) is 2. The maximum Gasteiger partial charge on any atom is 0.404 e. The Morgan fingerprint density at radius 3 is 2.89 bits per heavy atom. The lowest BCUT2D eigenvalue weighted by atomic mass is 10.2. The van der Waals surface area contributed by atoms with Crippen molar-refractivity contribution in [1.29, 1.82) is 0 Å². The van der Waals surface area contributed by atoms with Crippen LogP contribution in [-0.2, 0) is 4.79 Å². The molecule has 0 bridgehead atoms. The third-order valence-corrected chi connectivity index (χ3v) is 2.08. The molecule has 18 heavy (non-hydrogen) atoms. The van der Waals surface area contributed by atoms with E-state index in [1.165, 1.54) is 0 Å². The van der Waals surface area contributed by atoms with Crippen molar-refractivity contribution in [3.63, 3.8) is 0 Å². The minimum Gasteiger partial charge on any atom is -0.465 e. The number of nitrogens with one attached hydrogen (secondary N) is 1. The Bertz CT molecular complexity index is 490. The molecular formula is C13H13NO4. The highest BCUT2D eigenvalue weighted by molar-refractivity contribution is 5.74. The molecule has 0 fully saturated rings. The molecule has 0 aromatic heterocycles. The van der Waals surface area contributed by atoms with E-state index in [1.54, 1.807) is 31.2 Å². The van der Waals surface area contributed by atoms with Crippen molar-refractivity contribution in [3.8, 4) is 18.1 Å². The normalized spacial score (nSPS) is 11.1. The van der Waals surface area contributed by atoms with Gasteiger partial charge in [0.25, 0.3) is 0 Å². The number of carboxylic acid groups (broad SMARTS) is 1. The highest BCUT2D eigenvalue weighted by Gasteiger charge is 2.12. The van der Waals surface area contributed by atoms with Crippen molar-refractivity contribution >= 4 is 12.1 Å². The Labute approximate surface area is 105 Å². The summed E-state index contributed by atoms with van der Waals surface area (Å²) in [5.41, 5.74) is 0.608. The molecule has 1 aromatic carbocycles. The molecule has 0 saturated heterocycles. The topological polar surface area (TPSA) is 75.6 Å². The summed E-state index contributed by atoms with van der Waals surface area (Å²) in [6.07, 6.45) is 3.99. The van der Waals surface area contributed by atoms with Crippen molar-refractivity contribution in [3.05, 3.63) is 29.8 Å². The number of rotatable bonds is 4. The fourth-order valence-electron chi connectivity index (χ4n) is 1.33. The van der Waals surface area contributed by atoms with E-state index in [4.69, 9.17) is 16.3 Å². The summed E-state index contributed by atoms with van der Waals surface area (Å²) in [4.78, 5) is 21.8. The molecule has 94 valence electrons. The second-order valence-corrected chi connectivity index (χ2v) is 3.70. The lowest BCUT2D eigenvalue weighted by Crippen LogP contribution is -2.33. The number of terminal acetylenes is 1. The number of benzene rings is 1. The van der Waals surface area contributed by atoms with Crippen LogP contribution in [0.4, 0.5) is 4.79 Å². The first-order valence-electron chi connectivity index (χ1n) is 5.28. The summed E-state index contributed by atoms with van der Waals surface area (Å²) in [6.45, 7) is 1.58. The van der Waals surface area contributed by atoms with Crippen LogP contribution in [0.1, 0.15) is 18.9 Å². The van der Waals surface area contributed by atoms with Crippen LogP contribution >= 0.6 is 0 Å². The van der Waals surface area contributed by atoms with Crippen molar-refractivity contribution in [2.75, 3.05) is 0 Å². The summed E-state index contributed by atoms with van der Waals surface area (Å²) < 4.78 is 5.04. The van der Waals surface area contributed by atoms with E-state index in [1.807, 2.05) is 0 Å². The van der Waals surface area contributed by atoms with Gasteiger partial charge in [-0.1, -0.05) is 12.0 Å². The molecule has 2 N–H and O–H groups in total. The minimum atomic E-state index is -1.18. The second kappa shape index (κ2) is 6.30. The standard InChI is InChI=1S/C13H13NO4/c1-3-10-5-4-6-11(8-10)18-12(15)7-9(2)14-13(16)17/h1,4-6,8-9,14H,7H2,2H3,(H,16,17). The van der Waals surface area contributed by atoms with Gasteiger partial charge in [0.15, 0.2) is 0 Å². The van der Waals surface area contributed by atoms with Gasteiger partial charge in [0.1, 0.15) is 5.75 Å². The van der Waals surface area contributed by atoms with Gasteiger partial charge in [-0.25, -0.2) is 4.79 Å². The van der Waals surface area contributed by atoms with Gasteiger partial charge in [-0.3, -0.25) is 4.79 Å². The fraction of sp³-hybridized carbons (Fsp3) is 0.231. The molecule has 0 heterocycles. The molecule has 0 spiro atoms. The van der Waals surface area contributed by atoms with Crippen LogP contribution < -0.4 is 10.1 Å². The highest BCUT2D eigenvalue weighted by Crippen LogP contribution is 2.13. The van der Waals surface area contributed by atoms with Gasteiger partial charge < -0.3 is 15.2 Å². The lowest BCUT2D eigenvalue weighted by Gasteiger charge is -2.10. The van der Waals surface area contributed by atoms with E-state index >= 15 is 0 Å². The number of carbonyl (C=O) groups is 2. The van der Waals surface area contributed by atoms with Crippen LogP contribution in [0.2, 0.25) is 0 Å². The van der Waals surface area contributed by atoms with Crippen molar-refractivity contribution < 1.29 is 19.4 Å². The van der Waals surface area contributed by atoms with Gasteiger partial charge in [-0.2, -0.15) is 0 Å². The van der Waals surface area contributed by atoms with Crippen LogP contribution in [0.3, 0.4) is 0 Å². The van der Waals surface area contributed by atoms with Gasteiger partial charge in [-0.15, -0.1) is 6.42 Å². The first kappa shape index (κ1) is 13.6. The molecule has 1 atom stereocenters. The average molecular weight is 247 g/mol. The van der Waals surface area contributed by atoms with Gasteiger partial charge in [-0.05, 0) is 25.1 Å². The van der Waals surface area contributed by atoms with Crippen LogP contribution in [0, 0.1) is 12.3 Å². The Morgan fingerprint density at radius 2 is 2.28 bits per heavy atom. The highest BCUT2D eigenvalue weighted by atomic mass is 16.5. The third kappa shape index (κ3) is 4.58. The van der Waals surface area contributed by atoms with Crippen LogP contribution in [0.15, 0.2) is 24.3 Å². The lowest BCUT2D eigenvalue weighted by molar-refractivity contribution is -0.134. The molecule has 1 amide bonds. The van der Waals surface area contributed by atoms with Crippen molar-refractivity contribution in [2.45, 2.75) is 19.4 Å². The van der Waals surface area contributed by atoms with E-state index in [2.05, 4.69) is 11.2 Å². The molecule has 0 saturated carbocycles. The zero-order valence-electron chi connectivity index (χ0n) is 9.84. The number of carbonyl (C=O) groups excluding carboxylic acids is 1. The first-order chi connectivity index (χ1) is 8.51. The van der Waals surface area contributed by atoms with Crippen LogP contribution in [0.5, 0.6) is 5.75 Å². The summed E-state index contributed by atoms with van der Waals surface area (Å²) in [5, 5.41) is 10.6. The Kier molecular flexibility index (Phi) is 4.76. The maximum atomic E-state index is 11.5. The van der Waals surface area contributed by atoms with E-state index in [0.29, 0.717) is 11.3 Å². The molecule has 1 aromatic rings. The third-order valence-electron chi connectivity index (χ3n) is 2.08. The Morgan fingerprint density at radius 1 is 1.56 bits per heavy atom. The largest absolute Gasteiger partial charge is 0.465 e. The number of esters is 1. The summed E-state index contributed by atoms with van der Waals surface area (Å²) in [7, 11) is 0. The summed E-state index contributed by atoms with van der Waals surface area (Å²) in [6, 6.07) is 6.05. The molecule has 0 aliphatic heterocycles. The molecular weight excluding hydrogens is 234 g/mol. The second-order valence-electron chi connectivity index (χ2n) is 3.70. The molecule has 0 aliphatic rings. The van der Waals surface area contributed by atoms with Crippen LogP contribution in [0.25, 0.3) is 0 Å². The monoisotopic (exact) mass is 247 g/mol. The number of ether oxygens (including phenoxy) is 1. The quantitative estimate of drug-likeness (QED) is 0.481. The van der Waals surface area contributed by atoms with E-state index in [-0.39, 0.29) is 6.42 Å². The molecule has 5 nitrogen and oxygen atoms in total. The molecule has 0 aliphatic carbocycles. The van der Waals surface area contributed by atoms with Crippen LogP contribution in [-0.4, -0.2) is 23.2 Å². The predicted molar refractivity (Wildman–Crippen MR) is 65.3 cm³/mol. The fourth-order valence-corrected chi connectivity index (χ4v) is 1.33. The number of hydrogen-bond acceptors (Lipinski definition) is 3.